The summed E-state index contributed by atoms with van der Waals surface area (Å²) < 4.78 is 219. The van der Waals surface area contributed by atoms with Crippen LogP contribution in [-0.4, -0.2) is 249 Å². The number of nitrogens with zero attached hydrogens (tertiary/aromatic N) is 1. The number of ether oxygens (including phenoxy) is 29. The van der Waals surface area contributed by atoms with Crippen molar-refractivity contribution in [3.63, 3.8) is 0 Å². The number of hydrogen-bond acceptors (Lipinski definition) is 31. The highest BCUT2D eigenvalue weighted by atomic mass is 17.1. The Morgan fingerprint density at radius 3 is 0.591 bits per heavy atom. The largest absolute Gasteiger partial charge is 0.386 e. The molecule has 0 aromatic carbocycles. The molecule has 31 heteroatoms. The van der Waals surface area contributed by atoms with Crippen molar-refractivity contribution in [2.45, 2.75) is 380 Å². The summed E-state index contributed by atoms with van der Waals surface area (Å²) in [4.78, 5) is 8.44. The van der Waals surface area contributed by atoms with Gasteiger partial charge in [0.25, 0.3) is 0 Å². The van der Waals surface area contributed by atoms with E-state index in [4.69, 9.17) is 142 Å². The van der Waals surface area contributed by atoms with Crippen molar-refractivity contribution < 1.29 is 142 Å². The summed E-state index contributed by atoms with van der Waals surface area (Å²) in [5.41, 5.74) is 0. The second-order valence-electron chi connectivity index (χ2n) is 26.8. The first-order valence-electron chi connectivity index (χ1n) is 44.9. The third-order valence-corrected chi connectivity index (χ3v) is 15.7. The van der Waals surface area contributed by atoms with Gasteiger partial charge in [-0.3, -0.25) is 14.2 Å². The molecule has 0 saturated heterocycles. The lowest BCUT2D eigenvalue weighted by Crippen LogP contribution is -2.86. The predicted octanol–water partition coefficient (Wildman–Crippen LogP) is 17.5. The molecule has 0 aliphatic heterocycles. The van der Waals surface area contributed by atoms with E-state index in [-0.39, 0.29) is 191 Å². The molecule has 0 rings (SSSR count). The molecule has 0 aromatic rings. The highest BCUT2D eigenvalue weighted by Crippen LogP contribution is 2.57. The van der Waals surface area contributed by atoms with Crippen LogP contribution in [0, 0.1) is 0 Å². The zero-order valence-corrected chi connectivity index (χ0v) is 77.3. The Morgan fingerprint density at radius 1 is 0.174 bits per heavy atom. The molecule has 0 N–H and O–H groups in total. The maximum Gasteiger partial charge on any atom is 0.386 e. The fraction of sp³-hybridized carbons (Fsp3) is 1.00. The van der Waals surface area contributed by atoms with Crippen LogP contribution in [0.1, 0.15) is 308 Å². The number of hydrogen-bond donors (Lipinski definition) is 0. The lowest BCUT2D eigenvalue weighted by atomic mass is 10.2. The van der Waals surface area contributed by atoms with Crippen molar-refractivity contribution in [3.05, 3.63) is 0 Å². The third-order valence-electron chi connectivity index (χ3n) is 15.7. The summed E-state index contributed by atoms with van der Waals surface area (Å²) >= 11 is 0. The van der Waals surface area contributed by atoms with Crippen LogP contribution < -0.4 is 0 Å². The SMILES string of the molecule is CCCOC(OC(OC(OCCC)(OCCC)C(OCCC)(OCCC)OCCC)(OC(OCCC)(OCCC)C(OCCC)(OCCC)OCCC)C(OCC)(OCC)N(OC(OCCC)(OCCC)C(OCCC)(OCCC)OCCC)C(OCC)(OCCC)C(OCC)(OCC)OCC)C(OCCC)(OCCC)OCCC. The lowest BCUT2D eigenvalue weighted by Gasteiger charge is -2.62. The molecule has 0 fully saturated rings. The standard InChI is InChI=1S/C84H171NO30/c1-27-53-86-73(74(93-54-28-2,94-55-29-3)95-56-30-4)112-78(113-82(106-67-41-15,107-68-42-16)79(97-58-32-6,98-59-33-7)99-60-34-8,114-83(108-69-43-17,109-70-44-18)80(100-61-35-9,101-62-36-10)102-63-37-11)76(88-48-22,89-49-23)85(75(87-47-21,96-57-31-5)77(90-50-24,91-51-25)92-52-26)115-84(110-71-45-19,111-72-46-20)81(103-64-38-12,104-65-39-13)105-66-40-14/h73H,27-72H2,1-26H3. The first-order valence-corrected chi connectivity index (χ1v) is 44.9. The first-order chi connectivity index (χ1) is 55.7. The van der Waals surface area contributed by atoms with E-state index >= 15 is 0 Å². The average molecular weight is 1680 g/mol. The first kappa shape index (κ1) is 114. The molecule has 0 radical (unpaired) electrons. The zero-order chi connectivity index (χ0) is 86.4. The van der Waals surface area contributed by atoms with Crippen LogP contribution in [0.3, 0.4) is 0 Å². The molecular weight excluding hydrogens is 1500 g/mol. The van der Waals surface area contributed by atoms with E-state index in [1.165, 1.54) is 0 Å². The Hall–Kier alpha value is -1.24. The highest BCUT2D eigenvalue weighted by Gasteiger charge is 2.85. The van der Waals surface area contributed by atoms with Crippen molar-refractivity contribution in [3.8, 4) is 0 Å². The fourth-order valence-corrected chi connectivity index (χ4v) is 11.1. The van der Waals surface area contributed by atoms with Crippen molar-refractivity contribution >= 4 is 0 Å². The van der Waals surface area contributed by atoms with Gasteiger partial charge in [-0.25, -0.2) is 4.84 Å². The monoisotopic (exact) mass is 1670 g/mol. The molecule has 0 spiro atoms. The zero-order valence-electron chi connectivity index (χ0n) is 77.3. The van der Waals surface area contributed by atoms with E-state index in [0.717, 1.165) is 5.06 Å². The van der Waals surface area contributed by atoms with Gasteiger partial charge in [-0.2, -0.15) is 0 Å². The van der Waals surface area contributed by atoms with E-state index in [2.05, 4.69) is 0 Å². The van der Waals surface area contributed by atoms with Gasteiger partial charge < -0.3 is 123 Å². The van der Waals surface area contributed by atoms with E-state index in [0.29, 0.717) is 96.3 Å². The molecule has 0 bridgehead atoms. The highest BCUT2D eigenvalue weighted by molar-refractivity contribution is 4.97. The second-order valence-corrected chi connectivity index (χ2v) is 26.8. The van der Waals surface area contributed by atoms with E-state index < -0.39 is 85.1 Å². The smallest absolute Gasteiger partial charge is 0.346 e. The Morgan fingerprint density at radius 2 is 0.365 bits per heavy atom. The Bertz CT molecular complexity index is 2020. The van der Waals surface area contributed by atoms with E-state index in [1.54, 1.807) is 41.5 Å². The fourth-order valence-electron chi connectivity index (χ4n) is 11.1. The topological polar surface area (TPSA) is 280 Å². The van der Waals surface area contributed by atoms with Gasteiger partial charge in [0.15, 0.2) is 0 Å². The minimum Gasteiger partial charge on any atom is -0.346 e. The van der Waals surface area contributed by atoms with Crippen molar-refractivity contribution in [1.29, 1.82) is 0 Å². The van der Waals surface area contributed by atoms with Crippen molar-refractivity contribution in [2.75, 3.05) is 172 Å². The third kappa shape index (κ3) is 32.4. The summed E-state index contributed by atoms with van der Waals surface area (Å²) in [5, 5.41) is 0.927. The predicted molar refractivity (Wildman–Crippen MR) is 435 cm³/mol. The lowest BCUT2D eigenvalue weighted by molar-refractivity contribution is -0.726. The van der Waals surface area contributed by atoms with Gasteiger partial charge in [-0.1, -0.05) is 144 Å². The molecule has 115 heavy (non-hydrogen) atoms. The van der Waals surface area contributed by atoms with Crippen LogP contribution in [0.2, 0.25) is 0 Å². The van der Waals surface area contributed by atoms with Gasteiger partial charge in [-0.05, 0) is 170 Å². The number of rotatable bonds is 88. The van der Waals surface area contributed by atoms with Crippen molar-refractivity contribution in [1.82, 2.24) is 5.06 Å². The Kier molecular flexibility index (Phi) is 64.7. The van der Waals surface area contributed by atoms with Crippen LogP contribution >= 0.6 is 0 Å². The summed E-state index contributed by atoms with van der Waals surface area (Å²) in [6.07, 6.45) is 4.49. The average Bonchev–Trinajstić information content (AvgIpc) is 0.684. The Balaban J connectivity index is 14.3. The molecule has 0 aromatic heterocycles. The normalized spacial score (nSPS) is 14.3. The minimum absolute atomic E-state index is 0.0478. The summed E-state index contributed by atoms with van der Waals surface area (Å²) in [5.74, 6) is -33.5. The molecule has 0 aliphatic rings. The van der Waals surface area contributed by atoms with Gasteiger partial charge in [0.1, 0.15) is 0 Å². The molecule has 692 valence electrons. The van der Waals surface area contributed by atoms with Crippen LogP contribution in [0.25, 0.3) is 0 Å². The van der Waals surface area contributed by atoms with Crippen LogP contribution in [0.5, 0.6) is 0 Å². The summed E-state index contributed by atoms with van der Waals surface area (Å²) in [6, 6.07) is 0. The Labute approximate surface area is 696 Å². The molecule has 2 unspecified atom stereocenters. The molecule has 2 atom stereocenters. The summed E-state index contributed by atoms with van der Waals surface area (Å²) in [6.45, 7) is 43.9. The van der Waals surface area contributed by atoms with Gasteiger partial charge >= 0.3 is 65.6 Å². The second kappa shape index (κ2) is 65.4. The molecular formula is C84H171NO30. The molecule has 0 amide bonds. The molecule has 0 heterocycles. The quantitative estimate of drug-likeness (QED) is 0.0404. The van der Waals surface area contributed by atoms with Crippen LogP contribution in [-0.2, 0) is 142 Å². The van der Waals surface area contributed by atoms with Crippen LogP contribution in [0.4, 0.5) is 0 Å². The maximum atomic E-state index is 8.69. The van der Waals surface area contributed by atoms with Gasteiger partial charge in [-0.15, -0.1) is 0 Å². The van der Waals surface area contributed by atoms with Crippen LogP contribution in [0.15, 0.2) is 0 Å². The van der Waals surface area contributed by atoms with E-state index in [1.807, 2.05) is 138 Å². The van der Waals surface area contributed by atoms with Gasteiger partial charge in [0.2, 0.25) is 6.29 Å². The minimum atomic E-state index is -3.96. The van der Waals surface area contributed by atoms with Gasteiger partial charge in [0.05, 0.1) is 126 Å². The molecule has 0 aliphatic carbocycles. The van der Waals surface area contributed by atoms with E-state index in [9.17, 15) is 0 Å². The molecule has 0 saturated carbocycles. The maximum absolute atomic E-state index is 8.69. The molecule has 31 nitrogen and oxygen atoms in total. The summed E-state index contributed by atoms with van der Waals surface area (Å²) in [7, 11) is 0. The number of hydroxylamine groups is 2. The van der Waals surface area contributed by atoms with Crippen molar-refractivity contribution in [2.24, 2.45) is 0 Å². The van der Waals surface area contributed by atoms with Gasteiger partial charge in [0, 0.05) is 46.2 Å².